The maximum Gasteiger partial charge on any atom is 0.246 e. The topological polar surface area (TPSA) is 13.6 Å². The smallest absolute Gasteiger partial charge is 0.246 e. The van der Waals surface area contributed by atoms with Gasteiger partial charge in [-0.15, -0.1) is 0 Å². The molecule has 0 fully saturated rings. The molecular weight excluding hydrogens is 234 g/mol. The van der Waals surface area contributed by atoms with Crippen molar-refractivity contribution in [2.75, 3.05) is 0 Å². The maximum atomic E-state index is 7.09. The number of hydrogen-bond donors (Lipinski definition) is 0. The zero-order chi connectivity index (χ0) is 12.3. The summed E-state index contributed by atoms with van der Waals surface area (Å²) in [5.74, 6) is 1.18. The Balaban J connectivity index is 2.34. The molecule has 0 spiro atoms. The SMILES string of the molecule is [C-]#[N+]c1c(Cl)cccc1Oc1ccc(C)cc1. The number of aryl methyl sites for hydroxylation is 1. The Bertz CT molecular complexity index is 570. The van der Waals surface area contributed by atoms with Crippen molar-refractivity contribution in [3.8, 4) is 11.5 Å². The second kappa shape index (κ2) is 4.90. The van der Waals surface area contributed by atoms with E-state index in [1.54, 1.807) is 18.2 Å². The summed E-state index contributed by atoms with van der Waals surface area (Å²) in [5, 5.41) is 0.407. The summed E-state index contributed by atoms with van der Waals surface area (Å²) in [4.78, 5) is 3.38. The molecule has 0 aliphatic rings. The molecule has 2 aromatic rings. The first-order chi connectivity index (χ1) is 8.20. The Morgan fingerprint density at radius 1 is 1.12 bits per heavy atom. The summed E-state index contributed by atoms with van der Waals surface area (Å²) in [6.45, 7) is 9.09. The molecule has 0 amide bonds. The molecule has 2 nitrogen and oxygen atoms in total. The highest BCUT2D eigenvalue weighted by atomic mass is 35.5. The van der Waals surface area contributed by atoms with E-state index in [9.17, 15) is 0 Å². The first kappa shape index (κ1) is 11.5. The molecule has 0 bridgehead atoms. The number of nitrogens with zero attached hydrogens (tertiary/aromatic N) is 1. The molecule has 0 N–H and O–H groups in total. The second-order valence-corrected chi connectivity index (χ2v) is 4.02. The van der Waals surface area contributed by atoms with Crippen molar-refractivity contribution in [3.05, 3.63) is 64.5 Å². The van der Waals surface area contributed by atoms with Crippen molar-refractivity contribution in [2.24, 2.45) is 0 Å². The third kappa shape index (κ3) is 2.58. The minimum atomic E-state index is 0.342. The predicted molar refractivity (Wildman–Crippen MR) is 69.0 cm³/mol. The molecule has 0 aliphatic carbocycles. The van der Waals surface area contributed by atoms with E-state index in [0.717, 1.165) is 5.56 Å². The Morgan fingerprint density at radius 3 is 2.47 bits per heavy atom. The molecule has 17 heavy (non-hydrogen) atoms. The van der Waals surface area contributed by atoms with Crippen LogP contribution in [0.25, 0.3) is 4.85 Å². The maximum absolute atomic E-state index is 7.09. The molecule has 0 heterocycles. The van der Waals surface area contributed by atoms with Gasteiger partial charge >= 0.3 is 0 Å². The molecule has 2 rings (SSSR count). The van der Waals surface area contributed by atoms with Crippen LogP contribution in [0.4, 0.5) is 5.69 Å². The van der Waals surface area contributed by atoms with Crippen LogP contribution in [0.3, 0.4) is 0 Å². The molecule has 84 valence electrons. The Morgan fingerprint density at radius 2 is 1.82 bits per heavy atom. The third-order valence-electron chi connectivity index (χ3n) is 2.31. The van der Waals surface area contributed by atoms with E-state index in [2.05, 4.69) is 4.85 Å². The zero-order valence-electron chi connectivity index (χ0n) is 9.27. The highest BCUT2D eigenvalue weighted by Crippen LogP contribution is 2.37. The quantitative estimate of drug-likeness (QED) is 0.678. The molecular formula is C14H10ClNO. The lowest BCUT2D eigenvalue weighted by atomic mass is 10.2. The summed E-state index contributed by atoms with van der Waals surface area (Å²) < 4.78 is 5.64. The van der Waals surface area contributed by atoms with Crippen LogP contribution in [-0.4, -0.2) is 0 Å². The van der Waals surface area contributed by atoms with Crippen LogP contribution in [0.2, 0.25) is 5.02 Å². The number of benzene rings is 2. The monoisotopic (exact) mass is 243 g/mol. The lowest BCUT2D eigenvalue weighted by Crippen LogP contribution is -1.84. The lowest BCUT2D eigenvalue weighted by Gasteiger charge is -2.08. The van der Waals surface area contributed by atoms with Crippen LogP contribution < -0.4 is 4.74 Å². The summed E-state index contributed by atoms with van der Waals surface area (Å²) in [7, 11) is 0. The van der Waals surface area contributed by atoms with E-state index in [1.165, 1.54) is 0 Å². The summed E-state index contributed by atoms with van der Waals surface area (Å²) >= 11 is 5.93. The van der Waals surface area contributed by atoms with Gasteiger partial charge in [-0.1, -0.05) is 41.4 Å². The molecule has 0 aliphatic heterocycles. The van der Waals surface area contributed by atoms with Crippen molar-refractivity contribution >= 4 is 17.3 Å². The average Bonchev–Trinajstić information content (AvgIpc) is 2.32. The Hall–Kier alpha value is -1.98. The first-order valence-corrected chi connectivity index (χ1v) is 5.49. The predicted octanol–water partition coefficient (Wildman–Crippen LogP) is 4.99. The molecule has 0 saturated carbocycles. The van der Waals surface area contributed by atoms with Crippen LogP contribution in [0.5, 0.6) is 11.5 Å². The first-order valence-electron chi connectivity index (χ1n) is 5.11. The third-order valence-corrected chi connectivity index (χ3v) is 2.62. The van der Waals surface area contributed by atoms with Gasteiger partial charge in [0, 0.05) is 0 Å². The summed E-state index contributed by atoms with van der Waals surface area (Å²) in [6, 6.07) is 12.8. The van der Waals surface area contributed by atoms with Crippen molar-refractivity contribution < 1.29 is 4.74 Å². The fourth-order valence-corrected chi connectivity index (χ4v) is 1.63. The molecule has 0 unspecified atom stereocenters. The molecule has 0 aromatic heterocycles. The molecule has 0 saturated heterocycles. The summed E-state index contributed by atoms with van der Waals surface area (Å²) in [5.41, 5.74) is 1.50. The number of para-hydroxylation sites is 1. The van der Waals surface area contributed by atoms with Gasteiger partial charge in [0.2, 0.25) is 5.69 Å². The van der Waals surface area contributed by atoms with Crippen molar-refractivity contribution in [2.45, 2.75) is 6.92 Å². The minimum Gasteiger partial charge on any atom is -0.468 e. The lowest BCUT2D eigenvalue weighted by molar-refractivity contribution is 0.485. The number of hydrogen-bond acceptors (Lipinski definition) is 1. The van der Waals surface area contributed by atoms with E-state index in [-0.39, 0.29) is 0 Å². The van der Waals surface area contributed by atoms with Gasteiger partial charge < -0.3 is 4.74 Å². The van der Waals surface area contributed by atoms with Crippen LogP contribution in [0.15, 0.2) is 42.5 Å². The van der Waals surface area contributed by atoms with Crippen LogP contribution in [-0.2, 0) is 0 Å². The zero-order valence-corrected chi connectivity index (χ0v) is 10.0. The van der Waals surface area contributed by atoms with Gasteiger partial charge in [0.25, 0.3) is 0 Å². The Labute approximate surface area is 105 Å². The van der Waals surface area contributed by atoms with E-state index in [0.29, 0.717) is 22.2 Å². The average molecular weight is 244 g/mol. The van der Waals surface area contributed by atoms with Crippen LogP contribution in [0, 0.1) is 13.5 Å². The van der Waals surface area contributed by atoms with Crippen molar-refractivity contribution in [3.63, 3.8) is 0 Å². The van der Waals surface area contributed by atoms with Gasteiger partial charge in [0.15, 0.2) is 0 Å². The van der Waals surface area contributed by atoms with Gasteiger partial charge in [-0.25, -0.2) is 4.85 Å². The van der Waals surface area contributed by atoms with E-state index in [4.69, 9.17) is 22.9 Å². The summed E-state index contributed by atoms with van der Waals surface area (Å²) in [6.07, 6.45) is 0. The van der Waals surface area contributed by atoms with Gasteiger partial charge in [0.05, 0.1) is 11.6 Å². The van der Waals surface area contributed by atoms with Gasteiger partial charge in [0.1, 0.15) is 11.5 Å². The molecule has 0 radical (unpaired) electrons. The normalized spacial score (nSPS) is 9.71. The van der Waals surface area contributed by atoms with E-state index >= 15 is 0 Å². The largest absolute Gasteiger partial charge is 0.468 e. The highest BCUT2D eigenvalue weighted by molar-refractivity contribution is 6.33. The number of halogens is 1. The van der Waals surface area contributed by atoms with Crippen LogP contribution in [0.1, 0.15) is 5.56 Å². The fraction of sp³-hybridized carbons (Fsp3) is 0.0714. The molecule has 3 heteroatoms. The minimum absolute atomic E-state index is 0.342. The van der Waals surface area contributed by atoms with Crippen LogP contribution >= 0.6 is 11.6 Å². The standard InChI is InChI=1S/C14H10ClNO/c1-10-6-8-11(9-7-10)17-13-5-3-4-12(15)14(13)16-2/h3-9H,1H3. The Kier molecular flexibility index (Phi) is 3.32. The highest BCUT2D eigenvalue weighted by Gasteiger charge is 2.08. The number of rotatable bonds is 2. The molecule has 2 aromatic carbocycles. The number of ether oxygens (including phenoxy) is 1. The fourth-order valence-electron chi connectivity index (χ4n) is 1.42. The van der Waals surface area contributed by atoms with E-state index < -0.39 is 0 Å². The second-order valence-electron chi connectivity index (χ2n) is 3.61. The van der Waals surface area contributed by atoms with E-state index in [1.807, 2.05) is 31.2 Å². The molecule has 0 atom stereocenters. The van der Waals surface area contributed by atoms with Crippen molar-refractivity contribution in [1.82, 2.24) is 0 Å². The van der Waals surface area contributed by atoms with Gasteiger partial charge in [-0.05, 0) is 25.1 Å². The van der Waals surface area contributed by atoms with Gasteiger partial charge in [-0.3, -0.25) is 0 Å². The van der Waals surface area contributed by atoms with Gasteiger partial charge in [-0.2, -0.15) is 0 Å². The van der Waals surface area contributed by atoms with Crippen molar-refractivity contribution in [1.29, 1.82) is 0 Å².